The maximum Gasteiger partial charge on any atom is 0.158 e. The molecule has 0 N–H and O–H groups in total. The topological polar surface area (TPSA) is 30.2 Å². The molecule has 0 unspecified atom stereocenters. The van der Waals surface area contributed by atoms with Crippen LogP contribution in [0.1, 0.15) is 30.9 Å². The van der Waals surface area contributed by atoms with Gasteiger partial charge in [-0.2, -0.15) is 0 Å². The smallest absolute Gasteiger partial charge is 0.158 e. The summed E-state index contributed by atoms with van der Waals surface area (Å²) in [7, 11) is 0. The first-order chi connectivity index (χ1) is 7.20. The van der Waals surface area contributed by atoms with Crippen molar-refractivity contribution in [2.45, 2.75) is 34.4 Å². The monoisotopic (exact) mass is 209 g/mol. The predicted molar refractivity (Wildman–Crippen MR) is 58.6 cm³/mol. The normalized spacial score (nSPS) is 9.93. The van der Waals surface area contributed by atoms with Crippen LogP contribution in [0.25, 0.3) is 5.65 Å². The molecule has 4 heteroatoms. The van der Waals surface area contributed by atoms with Crippen LogP contribution in [-0.2, 0) is 6.67 Å². The van der Waals surface area contributed by atoms with Crippen molar-refractivity contribution in [1.82, 2.24) is 14.4 Å². The predicted octanol–water partition coefficient (Wildman–Crippen LogP) is 2.84. The molecular formula is C11H16FN3. The largest absolute Gasteiger partial charge is 0.303 e. The van der Waals surface area contributed by atoms with E-state index in [0.717, 1.165) is 17.0 Å². The summed E-state index contributed by atoms with van der Waals surface area (Å²) in [5, 5.41) is 0. The zero-order chi connectivity index (χ0) is 11.4. The third kappa shape index (κ3) is 2.32. The van der Waals surface area contributed by atoms with E-state index in [2.05, 4.69) is 9.97 Å². The fourth-order valence-electron chi connectivity index (χ4n) is 1.40. The Hall–Kier alpha value is -1.45. The average molecular weight is 209 g/mol. The molecule has 2 heterocycles. The number of hydrogen-bond acceptors (Lipinski definition) is 2. The first kappa shape index (κ1) is 11.6. The van der Waals surface area contributed by atoms with Crippen molar-refractivity contribution in [3.63, 3.8) is 0 Å². The lowest BCUT2D eigenvalue weighted by Gasteiger charge is -1.99. The van der Waals surface area contributed by atoms with Crippen LogP contribution >= 0.6 is 0 Å². The molecule has 82 valence electrons. The van der Waals surface area contributed by atoms with Crippen molar-refractivity contribution in [3.8, 4) is 0 Å². The molecule has 15 heavy (non-hydrogen) atoms. The summed E-state index contributed by atoms with van der Waals surface area (Å²) in [5.41, 5.74) is 2.93. The third-order valence-corrected chi connectivity index (χ3v) is 1.91. The summed E-state index contributed by atoms with van der Waals surface area (Å²) in [6, 6.07) is 0. The zero-order valence-corrected chi connectivity index (χ0v) is 9.58. The average Bonchev–Trinajstić information content (AvgIpc) is 2.62. The van der Waals surface area contributed by atoms with E-state index in [1.54, 1.807) is 6.20 Å². The molecule has 2 aromatic heterocycles. The van der Waals surface area contributed by atoms with Gasteiger partial charge in [0.1, 0.15) is 6.67 Å². The van der Waals surface area contributed by atoms with Crippen LogP contribution in [0.5, 0.6) is 0 Å². The maximum absolute atomic E-state index is 12.3. The summed E-state index contributed by atoms with van der Waals surface area (Å²) in [6.07, 6.45) is 3.53. The Balaban J connectivity index is 0.000000531. The highest BCUT2D eigenvalue weighted by molar-refractivity contribution is 5.44. The molecule has 0 radical (unpaired) electrons. The van der Waals surface area contributed by atoms with E-state index < -0.39 is 6.67 Å². The van der Waals surface area contributed by atoms with Crippen molar-refractivity contribution in [2.24, 2.45) is 0 Å². The quantitative estimate of drug-likeness (QED) is 0.723. The lowest BCUT2D eigenvalue weighted by molar-refractivity contribution is 0.473. The molecule has 2 rings (SSSR count). The van der Waals surface area contributed by atoms with Crippen LogP contribution in [0, 0.1) is 13.8 Å². The van der Waals surface area contributed by atoms with Crippen LogP contribution in [0.4, 0.5) is 4.39 Å². The number of alkyl halides is 1. The molecular weight excluding hydrogens is 193 g/mol. The van der Waals surface area contributed by atoms with Gasteiger partial charge in [-0.05, 0) is 13.8 Å². The number of nitrogens with zero attached hydrogens (tertiary/aromatic N) is 3. The maximum atomic E-state index is 12.3. The molecule has 0 aliphatic rings. The summed E-state index contributed by atoms with van der Waals surface area (Å²) in [5.74, 6) is 0. The number of imidazole rings is 1. The molecule has 3 nitrogen and oxygen atoms in total. The van der Waals surface area contributed by atoms with Crippen LogP contribution in [-0.4, -0.2) is 14.4 Å². The number of aryl methyl sites for hydroxylation is 2. The summed E-state index contributed by atoms with van der Waals surface area (Å²) >= 11 is 0. The van der Waals surface area contributed by atoms with E-state index in [0.29, 0.717) is 5.69 Å². The molecule has 0 spiro atoms. The number of halogens is 1. The lowest BCUT2D eigenvalue weighted by Crippen LogP contribution is -1.96. The highest BCUT2D eigenvalue weighted by atomic mass is 19.1. The van der Waals surface area contributed by atoms with Gasteiger partial charge in [-0.1, -0.05) is 13.8 Å². The molecule has 0 saturated heterocycles. The van der Waals surface area contributed by atoms with Gasteiger partial charge in [0.15, 0.2) is 5.65 Å². The second-order valence-electron chi connectivity index (χ2n) is 3.06. The van der Waals surface area contributed by atoms with E-state index >= 15 is 0 Å². The first-order valence-corrected chi connectivity index (χ1v) is 5.08. The highest BCUT2D eigenvalue weighted by Gasteiger charge is 2.04. The van der Waals surface area contributed by atoms with Crippen LogP contribution < -0.4 is 0 Å². The molecule has 0 aliphatic heterocycles. The Kier molecular flexibility index (Phi) is 3.77. The van der Waals surface area contributed by atoms with E-state index in [-0.39, 0.29) is 0 Å². The van der Waals surface area contributed by atoms with E-state index in [4.69, 9.17) is 0 Å². The van der Waals surface area contributed by atoms with Gasteiger partial charge in [-0.25, -0.2) is 14.4 Å². The van der Waals surface area contributed by atoms with Crippen LogP contribution in [0.2, 0.25) is 0 Å². The van der Waals surface area contributed by atoms with Gasteiger partial charge in [-0.3, -0.25) is 0 Å². The molecule has 0 aliphatic carbocycles. The number of rotatable bonds is 1. The molecule has 0 fully saturated rings. The van der Waals surface area contributed by atoms with Gasteiger partial charge in [0, 0.05) is 12.4 Å². The summed E-state index contributed by atoms with van der Waals surface area (Å²) < 4.78 is 14.2. The number of fused-ring (bicyclic) bond motifs is 1. The van der Waals surface area contributed by atoms with Crippen LogP contribution in [0.15, 0.2) is 12.4 Å². The Morgan fingerprint density at radius 2 is 1.87 bits per heavy atom. The highest BCUT2D eigenvalue weighted by Crippen LogP contribution is 2.09. The van der Waals surface area contributed by atoms with E-state index in [1.165, 1.54) is 0 Å². The Labute approximate surface area is 89.0 Å². The zero-order valence-electron chi connectivity index (χ0n) is 9.58. The minimum atomic E-state index is -0.534. The molecule has 2 aromatic rings. The Morgan fingerprint density at radius 3 is 2.47 bits per heavy atom. The summed E-state index contributed by atoms with van der Waals surface area (Å²) in [4.78, 5) is 8.34. The third-order valence-electron chi connectivity index (χ3n) is 1.91. The molecule has 0 amide bonds. The van der Waals surface area contributed by atoms with Crippen molar-refractivity contribution in [2.75, 3.05) is 0 Å². The van der Waals surface area contributed by atoms with Gasteiger partial charge in [0.05, 0.1) is 17.1 Å². The summed E-state index contributed by atoms with van der Waals surface area (Å²) in [6.45, 7) is 7.20. The fourth-order valence-corrected chi connectivity index (χ4v) is 1.40. The van der Waals surface area contributed by atoms with Crippen LogP contribution in [0.3, 0.4) is 0 Å². The number of hydrogen-bond donors (Lipinski definition) is 0. The van der Waals surface area contributed by atoms with Crippen molar-refractivity contribution in [1.29, 1.82) is 0 Å². The SMILES string of the molecule is CC.Cc1cn2cc(CF)nc(C)c2n1. The molecule has 0 aromatic carbocycles. The molecule has 0 saturated carbocycles. The second-order valence-corrected chi connectivity index (χ2v) is 3.06. The van der Waals surface area contributed by atoms with Gasteiger partial charge in [-0.15, -0.1) is 0 Å². The minimum Gasteiger partial charge on any atom is -0.303 e. The van der Waals surface area contributed by atoms with Crippen molar-refractivity contribution < 1.29 is 4.39 Å². The first-order valence-electron chi connectivity index (χ1n) is 5.08. The number of aromatic nitrogens is 3. The van der Waals surface area contributed by atoms with Gasteiger partial charge in [0.2, 0.25) is 0 Å². The van der Waals surface area contributed by atoms with E-state index in [9.17, 15) is 4.39 Å². The Morgan fingerprint density at radius 1 is 1.20 bits per heavy atom. The van der Waals surface area contributed by atoms with Gasteiger partial charge < -0.3 is 4.40 Å². The minimum absolute atomic E-state index is 0.447. The Bertz CT molecular complexity index is 448. The second kappa shape index (κ2) is 4.87. The van der Waals surface area contributed by atoms with E-state index in [1.807, 2.05) is 38.3 Å². The van der Waals surface area contributed by atoms with Crippen molar-refractivity contribution >= 4 is 5.65 Å². The molecule has 0 bridgehead atoms. The lowest BCUT2D eigenvalue weighted by atomic mass is 10.4. The standard InChI is InChI=1S/C9H10FN3.C2H6/c1-6-4-13-5-8(3-10)12-7(2)9(13)11-6;1-2/h4-5H,3H2,1-2H3;1-2H3. The molecule has 0 atom stereocenters. The van der Waals surface area contributed by atoms with Crippen molar-refractivity contribution in [3.05, 3.63) is 29.5 Å². The van der Waals surface area contributed by atoms with Gasteiger partial charge >= 0.3 is 0 Å². The van der Waals surface area contributed by atoms with Gasteiger partial charge in [0.25, 0.3) is 0 Å². The fraction of sp³-hybridized carbons (Fsp3) is 0.455.